The fourth-order valence-electron chi connectivity index (χ4n) is 2.38. The Morgan fingerprint density at radius 1 is 0.677 bits per heavy atom. The number of amides is 2. The molecule has 0 atom stereocenters. The Morgan fingerprint density at radius 2 is 1.13 bits per heavy atom. The van der Waals surface area contributed by atoms with E-state index in [4.69, 9.17) is 18.9 Å². The van der Waals surface area contributed by atoms with E-state index >= 15 is 0 Å². The van der Waals surface area contributed by atoms with E-state index < -0.39 is 0 Å². The van der Waals surface area contributed by atoms with Crippen molar-refractivity contribution in [2.75, 3.05) is 66.4 Å². The minimum atomic E-state index is -0.0723. The molecule has 0 aliphatic carbocycles. The van der Waals surface area contributed by atoms with Crippen LogP contribution in [0.4, 0.5) is 0 Å². The van der Waals surface area contributed by atoms with Gasteiger partial charge in [0.15, 0.2) is 0 Å². The summed E-state index contributed by atoms with van der Waals surface area (Å²) in [4.78, 5) is 22.5. The van der Waals surface area contributed by atoms with Crippen LogP contribution in [0.25, 0.3) is 0 Å². The van der Waals surface area contributed by atoms with E-state index in [-0.39, 0.29) is 24.3 Å². The van der Waals surface area contributed by atoms with Gasteiger partial charge in [-0.15, -0.1) is 0 Å². The van der Waals surface area contributed by atoms with Gasteiger partial charge in [0.05, 0.1) is 26.4 Å². The molecule has 0 radical (unpaired) electrons. The van der Waals surface area contributed by atoms with Crippen LogP contribution < -0.4 is 10.6 Å². The van der Waals surface area contributed by atoms with Crippen LogP contribution >= 0.6 is 0 Å². The molecule has 0 aromatic carbocycles. The van der Waals surface area contributed by atoms with E-state index in [9.17, 15) is 9.59 Å². The third-order valence-corrected chi connectivity index (χ3v) is 4.10. The zero-order chi connectivity index (χ0) is 23.6. The van der Waals surface area contributed by atoms with Gasteiger partial charge in [0.1, 0.15) is 6.61 Å². The summed E-state index contributed by atoms with van der Waals surface area (Å²) in [5.74, 6) is 0.0961. The lowest BCUT2D eigenvalue weighted by molar-refractivity contribution is -0.125. The fourth-order valence-corrected chi connectivity index (χ4v) is 2.38. The molecule has 0 aliphatic heterocycles. The first-order valence-corrected chi connectivity index (χ1v) is 11.8. The number of hydrogen-bond donors (Lipinski definition) is 2. The summed E-state index contributed by atoms with van der Waals surface area (Å²) in [5, 5.41) is 5.70. The molecule has 0 aromatic heterocycles. The fraction of sp³-hybridized carbons (Fsp3) is 0.913. The summed E-state index contributed by atoms with van der Waals surface area (Å²) in [6.07, 6.45) is 5.97. The van der Waals surface area contributed by atoms with Gasteiger partial charge in [0, 0.05) is 39.3 Å². The highest BCUT2D eigenvalue weighted by Crippen LogP contribution is 1.97. The Kier molecular flexibility index (Phi) is 27.6. The third-order valence-electron chi connectivity index (χ3n) is 4.10. The van der Waals surface area contributed by atoms with E-state index in [0.717, 1.165) is 51.7 Å². The van der Waals surface area contributed by atoms with Crippen molar-refractivity contribution in [2.24, 2.45) is 5.92 Å². The zero-order valence-electron chi connectivity index (χ0n) is 20.6. The number of rotatable bonds is 21. The van der Waals surface area contributed by atoms with Crippen molar-refractivity contribution in [1.29, 1.82) is 0 Å². The average Bonchev–Trinajstić information content (AvgIpc) is 2.76. The molecule has 0 unspecified atom stereocenters. The summed E-state index contributed by atoms with van der Waals surface area (Å²) in [6.45, 7) is 13.1. The Balaban J connectivity index is 0. The lowest BCUT2D eigenvalue weighted by atomic mass is 10.2. The van der Waals surface area contributed by atoms with Gasteiger partial charge in [-0.2, -0.15) is 0 Å². The van der Waals surface area contributed by atoms with Gasteiger partial charge in [-0.25, -0.2) is 0 Å². The quantitative estimate of drug-likeness (QED) is 0.262. The van der Waals surface area contributed by atoms with Crippen LogP contribution in [0.3, 0.4) is 0 Å². The minimum Gasteiger partial charge on any atom is -0.379 e. The molecule has 0 saturated heterocycles. The normalized spacial score (nSPS) is 10.5. The summed E-state index contributed by atoms with van der Waals surface area (Å²) >= 11 is 0. The van der Waals surface area contributed by atoms with Crippen molar-refractivity contribution in [3.8, 4) is 0 Å². The van der Waals surface area contributed by atoms with Gasteiger partial charge >= 0.3 is 0 Å². The second-order valence-electron chi connectivity index (χ2n) is 7.19. The van der Waals surface area contributed by atoms with Crippen LogP contribution in [0.5, 0.6) is 0 Å². The third kappa shape index (κ3) is 26.7. The van der Waals surface area contributed by atoms with Crippen molar-refractivity contribution < 1.29 is 28.5 Å². The smallest absolute Gasteiger partial charge is 0.245 e. The van der Waals surface area contributed by atoms with Crippen molar-refractivity contribution in [1.82, 2.24) is 10.6 Å². The SMILES string of the molecule is CC.COCC(=O)NCCCCCOCCOCCOCCCCCNC(=O)C(C)C. The molecular formula is C23H48N2O6. The highest BCUT2D eigenvalue weighted by Gasteiger charge is 2.04. The van der Waals surface area contributed by atoms with Gasteiger partial charge in [-0.05, 0) is 38.5 Å². The van der Waals surface area contributed by atoms with Crippen LogP contribution in [0.15, 0.2) is 0 Å². The van der Waals surface area contributed by atoms with Gasteiger partial charge in [-0.1, -0.05) is 27.7 Å². The first-order chi connectivity index (χ1) is 15.1. The second kappa shape index (κ2) is 26.8. The maximum atomic E-state index is 11.4. The van der Waals surface area contributed by atoms with Crippen LogP contribution in [0, 0.1) is 5.92 Å². The van der Waals surface area contributed by atoms with Crippen LogP contribution in [0.2, 0.25) is 0 Å². The highest BCUT2D eigenvalue weighted by molar-refractivity contribution is 5.77. The second-order valence-corrected chi connectivity index (χ2v) is 7.19. The number of nitrogens with one attached hydrogen (secondary N) is 2. The molecule has 8 heteroatoms. The average molecular weight is 449 g/mol. The molecule has 0 spiro atoms. The predicted octanol–water partition coefficient (Wildman–Crippen LogP) is 2.94. The summed E-state index contributed by atoms with van der Waals surface area (Å²) in [6, 6.07) is 0. The van der Waals surface area contributed by atoms with Gasteiger partial charge in [0.25, 0.3) is 0 Å². The van der Waals surface area contributed by atoms with Crippen LogP contribution in [0.1, 0.15) is 66.2 Å². The van der Waals surface area contributed by atoms with E-state index in [1.54, 1.807) is 0 Å². The van der Waals surface area contributed by atoms with Crippen molar-refractivity contribution >= 4 is 11.8 Å². The number of ether oxygens (including phenoxy) is 4. The topological polar surface area (TPSA) is 95.1 Å². The molecule has 0 aromatic rings. The highest BCUT2D eigenvalue weighted by atomic mass is 16.5. The Hall–Kier alpha value is -1.22. The van der Waals surface area contributed by atoms with Crippen LogP contribution in [-0.2, 0) is 28.5 Å². The number of unbranched alkanes of at least 4 members (excludes halogenated alkanes) is 4. The van der Waals surface area contributed by atoms with E-state index in [0.29, 0.717) is 39.6 Å². The molecule has 0 bridgehead atoms. The van der Waals surface area contributed by atoms with Gasteiger partial charge < -0.3 is 29.6 Å². The molecule has 0 fully saturated rings. The molecule has 8 nitrogen and oxygen atoms in total. The summed E-state index contributed by atoms with van der Waals surface area (Å²) in [5.41, 5.74) is 0. The Bertz CT molecular complexity index is 394. The standard InChI is InChI=1S/C21H42N2O6.C2H6/c1-19(2)21(25)23-11-7-5-9-13-28-15-17-29-16-14-27-12-8-4-6-10-22-20(24)18-26-3;1-2/h19H,4-18H2,1-3H3,(H,22,24)(H,23,25);1-2H3. The Morgan fingerprint density at radius 3 is 1.58 bits per heavy atom. The van der Waals surface area contributed by atoms with E-state index in [1.807, 2.05) is 27.7 Å². The maximum absolute atomic E-state index is 11.4. The summed E-state index contributed by atoms with van der Waals surface area (Å²) < 4.78 is 21.2. The number of carbonyl (C=O) groups excluding carboxylic acids is 2. The van der Waals surface area contributed by atoms with Crippen molar-refractivity contribution in [3.05, 3.63) is 0 Å². The molecule has 0 saturated carbocycles. The monoisotopic (exact) mass is 448 g/mol. The largest absolute Gasteiger partial charge is 0.379 e. The molecule has 186 valence electrons. The molecule has 0 aliphatic rings. The zero-order valence-corrected chi connectivity index (χ0v) is 20.6. The van der Waals surface area contributed by atoms with Gasteiger partial charge in [0.2, 0.25) is 11.8 Å². The molecular weight excluding hydrogens is 400 g/mol. The molecule has 2 amide bonds. The van der Waals surface area contributed by atoms with E-state index in [1.165, 1.54) is 7.11 Å². The first kappa shape index (κ1) is 32.0. The van der Waals surface area contributed by atoms with Crippen molar-refractivity contribution in [2.45, 2.75) is 66.2 Å². The molecule has 0 heterocycles. The lowest BCUT2D eigenvalue weighted by Gasteiger charge is -2.08. The van der Waals surface area contributed by atoms with Gasteiger partial charge in [-0.3, -0.25) is 9.59 Å². The first-order valence-electron chi connectivity index (χ1n) is 11.8. The van der Waals surface area contributed by atoms with E-state index in [2.05, 4.69) is 10.6 Å². The summed E-state index contributed by atoms with van der Waals surface area (Å²) in [7, 11) is 1.51. The van der Waals surface area contributed by atoms with Crippen LogP contribution in [-0.4, -0.2) is 78.3 Å². The molecule has 0 rings (SSSR count). The maximum Gasteiger partial charge on any atom is 0.245 e. The Labute approximate surface area is 190 Å². The predicted molar refractivity (Wildman–Crippen MR) is 124 cm³/mol. The number of carbonyl (C=O) groups is 2. The number of methoxy groups -OCH3 is 1. The van der Waals surface area contributed by atoms with Crippen molar-refractivity contribution in [3.63, 3.8) is 0 Å². The molecule has 31 heavy (non-hydrogen) atoms. The lowest BCUT2D eigenvalue weighted by Crippen LogP contribution is -2.28. The minimum absolute atomic E-state index is 0.0516. The molecule has 2 N–H and O–H groups in total. The number of hydrogen-bond acceptors (Lipinski definition) is 6.